The number of hydrazine groups is 1. The standard InChI is InChI=1S/C25H36N4.C4H7F3.CH5N.CH2O/c1-6-9-23(7-2)26-14-8-15-28(19-16-26)29-20-17-27(18-21-29)24-12-10-22(11-13-24)25(3,4)5;1-2-3-4(5,6)7;2*1-2/h1,7,9-13H,2,8,14-21H2,3-5H3;2-3H2,1H3;2H2,1H3;1H2/b23-9+;;;. The second kappa shape index (κ2) is 19.3. The molecule has 0 bridgehead atoms. The minimum Gasteiger partial charge on any atom is -0.370 e. The fourth-order valence-electron chi connectivity index (χ4n) is 4.50. The van der Waals surface area contributed by atoms with Crippen LogP contribution in [0, 0.1) is 12.3 Å². The van der Waals surface area contributed by atoms with Crippen molar-refractivity contribution in [2.24, 2.45) is 5.73 Å². The van der Waals surface area contributed by atoms with Crippen molar-refractivity contribution in [2.45, 2.75) is 58.5 Å². The first-order valence-electron chi connectivity index (χ1n) is 13.8. The summed E-state index contributed by atoms with van der Waals surface area (Å²) in [6.45, 7) is 22.7. The first-order valence-corrected chi connectivity index (χ1v) is 13.8. The van der Waals surface area contributed by atoms with E-state index >= 15 is 0 Å². The number of hydrogen-bond acceptors (Lipinski definition) is 6. The maximum atomic E-state index is 11.1. The monoisotopic (exact) mass is 565 g/mol. The molecule has 0 radical (unpaired) electrons. The highest BCUT2D eigenvalue weighted by atomic mass is 19.4. The van der Waals surface area contributed by atoms with Gasteiger partial charge in [-0.05, 0) is 49.1 Å². The molecule has 0 unspecified atom stereocenters. The molecule has 3 rings (SSSR count). The summed E-state index contributed by atoms with van der Waals surface area (Å²) in [7, 11) is 1.50. The van der Waals surface area contributed by atoms with E-state index in [-0.39, 0.29) is 11.8 Å². The summed E-state index contributed by atoms with van der Waals surface area (Å²) in [5, 5.41) is 5.08. The molecule has 0 aromatic heterocycles. The maximum Gasteiger partial charge on any atom is 0.389 e. The van der Waals surface area contributed by atoms with Gasteiger partial charge in [0.1, 0.15) is 6.79 Å². The molecule has 2 fully saturated rings. The second-order valence-corrected chi connectivity index (χ2v) is 10.3. The fraction of sp³-hybridized carbons (Fsp3) is 0.581. The van der Waals surface area contributed by atoms with Crippen molar-refractivity contribution >= 4 is 12.5 Å². The zero-order valence-corrected chi connectivity index (χ0v) is 25.1. The Hall–Kier alpha value is -2.80. The van der Waals surface area contributed by atoms with Gasteiger partial charge in [0, 0.05) is 76.2 Å². The maximum absolute atomic E-state index is 11.1. The smallest absolute Gasteiger partial charge is 0.370 e. The van der Waals surface area contributed by atoms with E-state index in [9.17, 15) is 13.2 Å². The number of halogens is 3. The molecule has 2 aliphatic heterocycles. The van der Waals surface area contributed by atoms with Gasteiger partial charge >= 0.3 is 6.18 Å². The summed E-state index contributed by atoms with van der Waals surface area (Å²) < 4.78 is 33.2. The Kier molecular flexibility index (Phi) is 18.0. The highest BCUT2D eigenvalue weighted by molar-refractivity contribution is 5.49. The Bertz CT molecular complexity index is 896. The number of piperazine rings is 1. The number of alkyl halides is 3. The Morgan fingerprint density at radius 1 is 0.950 bits per heavy atom. The zero-order valence-electron chi connectivity index (χ0n) is 25.1. The van der Waals surface area contributed by atoms with Crippen LogP contribution in [0.3, 0.4) is 0 Å². The summed E-state index contributed by atoms with van der Waals surface area (Å²) in [4.78, 5) is 12.9. The van der Waals surface area contributed by atoms with Gasteiger partial charge in [0.05, 0.1) is 0 Å². The third-order valence-corrected chi connectivity index (χ3v) is 6.57. The summed E-state index contributed by atoms with van der Waals surface area (Å²) in [6.07, 6.45) is 5.88. The van der Waals surface area contributed by atoms with Crippen LogP contribution in [0.2, 0.25) is 0 Å². The van der Waals surface area contributed by atoms with Crippen molar-refractivity contribution < 1.29 is 18.0 Å². The third kappa shape index (κ3) is 13.5. The molecule has 0 atom stereocenters. The van der Waals surface area contributed by atoms with Gasteiger partial charge in [0.2, 0.25) is 0 Å². The molecular formula is C31H50F3N5O. The van der Waals surface area contributed by atoms with E-state index in [4.69, 9.17) is 11.2 Å². The molecule has 1 aromatic rings. The lowest BCUT2D eigenvalue weighted by Crippen LogP contribution is -2.54. The van der Waals surface area contributed by atoms with Crippen LogP contribution in [0.25, 0.3) is 0 Å². The summed E-state index contributed by atoms with van der Waals surface area (Å²) in [6, 6.07) is 9.14. The average molecular weight is 566 g/mol. The molecule has 0 saturated carbocycles. The van der Waals surface area contributed by atoms with Crippen LogP contribution in [-0.4, -0.2) is 87.3 Å². The van der Waals surface area contributed by atoms with Crippen LogP contribution in [0.5, 0.6) is 0 Å². The number of carbonyl (C=O) groups excluding carboxylic acids is 1. The van der Waals surface area contributed by atoms with Gasteiger partial charge in [0.25, 0.3) is 0 Å². The summed E-state index contributed by atoms with van der Waals surface area (Å²) >= 11 is 0. The number of allylic oxidation sites excluding steroid dienone is 2. The summed E-state index contributed by atoms with van der Waals surface area (Å²) in [5.74, 6) is 2.64. The molecule has 0 aliphatic carbocycles. The molecule has 6 nitrogen and oxygen atoms in total. The Labute approximate surface area is 240 Å². The molecule has 2 heterocycles. The molecule has 2 N–H and O–H groups in total. The predicted molar refractivity (Wildman–Crippen MR) is 162 cm³/mol. The highest BCUT2D eigenvalue weighted by Crippen LogP contribution is 2.26. The third-order valence-electron chi connectivity index (χ3n) is 6.57. The molecule has 9 heteroatoms. The predicted octanol–water partition coefficient (Wildman–Crippen LogP) is 5.47. The van der Waals surface area contributed by atoms with Gasteiger partial charge in [-0.15, -0.1) is 6.42 Å². The largest absolute Gasteiger partial charge is 0.389 e. The van der Waals surface area contributed by atoms with E-state index in [0.717, 1.165) is 64.5 Å². The average Bonchev–Trinajstić information content (AvgIpc) is 3.20. The summed E-state index contributed by atoms with van der Waals surface area (Å²) in [5.41, 5.74) is 8.51. The van der Waals surface area contributed by atoms with E-state index in [1.165, 1.54) is 25.2 Å². The number of anilines is 1. The number of hydrogen-bond donors (Lipinski definition) is 1. The van der Waals surface area contributed by atoms with Gasteiger partial charge in [-0.25, -0.2) is 10.0 Å². The van der Waals surface area contributed by atoms with Crippen LogP contribution in [-0.2, 0) is 10.2 Å². The molecule has 40 heavy (non-hydrogen) atoms. The van der Waals surface area contributed by atoms with E-state index in [0.29, 0.717) is 0 Å². The van der Waals surface area contributed by atoms with Crippen molar-refractivity contribution in [3.8, 4) is 12.3 Å². The Morgan fingerprint density at radius 2 is 1.48 bits per heavy atom. The van der Waals surface area contributed by atoms with E-state index in [2.05, 4.69) is 83.1 Å². The van der Waals surface area contributed by atoms with Crippen LogP contribution in [0.4, 0.5) is 18.9 Å². The molecule has 2 saturated heterocycles. The molecule has 0 spiro atoms. The number of nitrogens with zero attached hydrogens (tertiary/aromatic N) is 4. The first kappa shape index (κ1) is 37.2. The van der Waals surface area contributed by atoms with Crippen LogP contribution in [0.1, 0.15) is 52.5 Å². The van der Waals surface area contributed by atoms with Gasteiger partial charge < -0.3 is 20.3 Å². The van der Waals surface area contributed by atoms with E-state index in [1.54, 1.807) is 0 Å². The Morgan fingerprint density at radius 3 is 1.90 bits per heavy atom. The minimum atomic E-state index is -3.95. The molecule has 226 valence electrons. The second-order valence-electron chi connectivity index (χ2n) is 10.3. The van der Waals surface area contributed by atoms with Crippen molar-refractivity contribution in [3.63, 3.8) is 0 Å². The van der Waals surface area contributed by atoms with E-state index < -0.39 is 12.6 Å². The van der Waals surface area contributed by atoms with Crippen molar-refractivity contribution in [2.75, 3.05) is 64.3 Å². The van der Waals surface area contributed by atoms with E-state index in [1.807, 2.05) is 18.9 Å². The molecule has 2 aliphatic rings. The number of benzene rings is 1. The molecule has 1 aromatic carbocycles. The normalized spacial score (nSPS) is 17.1. The van der Waals surface area contributed by atoms with Crippen molar-refractivity contribution in [3.05, 3.63) is 54.3 Å². The molecule has 0 amide bonds. The lowest BCUT2D eigenvalue weighted by Gasteiger charge is -2.41. The van der Waals surface area contributed by atoms with Crippen LogP contribution in [0.15, 0.2) is 48.7 Å². The van der Waals surface area contributed by atoms with Gasteiger partial charge in [-0.2, -0.15) is 13.2 Å². The van der Waals surface area contributed by atoms with Gasteiger partial charge in [-0.1, -0.05) is 52.3 Å². The van der Waals surface area contributed by atoms with Crippen LogP contribution < -0.4 is 10.6 Å². The van der Waals surface area contributed by atoms with Crippen molar-refractivity contribution in [1.82, 2.24) is 14.9 Å². The lowest BCUT2D eigenvalue weighted by molar-refractivity contribution is -0.134. The van der Waals surface area contributed by atoms with Crippen LogP contribution >= 0.6 is 0 Å². The molecular weight excluding hydrogens is 515 g/mol. The van der Waals surface area contributed by atoms with Crippen molar-refractivity contribution in [1.29, 1.82) is 0 Å². The van der Waals surface area contributed by atoms with Gasteiger partial charge in [0.15, 0.2) is 0 Å². The number of terminal acetylenes is 1. The first-order chi connectivity index (χ1) is 19.0. The fourth-order valence-corrected chi connectivity index (χ4v) is 4.50. The van der Waals surface area contributed by atoms with Gasteiger partial charge in [-0.3, -0.25) is 0 Å². The SMILES string of the molecule is C#C/C=C(\C=C)N1CCCN(N2CCN(c3ccc(C(C)(C)C)cc3)CC2)CC1.C=O.CCCC(F)(F)F.CN. The number of rotatable bonds is 5. The zero-order chi connectivity index (χ0) is 30.8. The lowest BCUT2D eigenvalue weighted by atomic mass is 9.87. The topological polar surface area (TPSA) is 56.0 Å². The quantitative estimate of drug-likeness (QED) is 0.378. The highest BCUT2D eigenvalue weighted by Gasteiger charge is 2.25. The number of nitrogens with two attached hydrogens (primary N) is 1. The Balaban J connectivity index is 0.00000119. The number of carbonyl (C=O) groups is 1. The minimum absolute atomic E-state index is 0.184.